The maximum absolute atomic E-state index is 12.9. The van der Waals surface area contributed by atoms with Crippen molar-refractivity contribution in [3.63, 3.8) is 0 Å². The van der Waals surface area contributed by atoms with Crippen molar-refractivity contribution in [2.24, 2.45) is 0 Å². The molecule has 1 aliphatic heterocycles. The Morgan fingerprint density at radius 1 is 0.906 bits per heavy atom. The summed E-state index contributed by atoms with van der Waals surface area (Å²) >= 11 is 0. The Morgan fingerprint density at radius 2 is 1.53 bits per heavy atom. The number of hydrogen-bond acceptors (Lipinski definition) is 5. The van der Waals surface area contributed by atoms with Crippen molar-refractivity contribution < 1.29 is 22.7 Å². The first kappa shape index (κ1) is 24.1. The van der Waals surface area contributed by atoms with Crippen LogP contribution in [-0.4, -0.2) is 44.9 Å². The molecule has 0 saturated carbocycles. The van der Waals surface area contributed by atoms with Gasteiger partial charge in [-0.2, -0.15) is 4.31 Å². The molecule has 2 aromatic carbocycles. The van der Waals surface area contributed by atoms with Gasteiger partial charge >= 0.3 is 0 Å². The molecule has 0 atom stereocenters. The molecule has 0 aliphatic carbocycles. The fraction of sp³-hybridized carbons (Fsp3) is 0.458. The summed E-state index contributed by atoms with van der Waals surface area (Å²) < 4.78 is 38.5. The molecule has 7 nitrogen and oxygen atoms in total. The van der Waals surface area contributed by atoms with Crippen molar-refractivity contribution >= 4 is 21.6 Å². The topological polar surface area (TPSA) is 84.9 Å². The van der Waals surface area contributed by atoms with Gasteiger partial charge in [0.15, 0.2) is 11.5 Å². The number of benzene rings is 2. The van der Waals surface area contributed by atoms with Gasteiger partial charge < -0.3 is 14.8 Å². The van der Waals surface area contributed by atoms with Gasteiger partial charge in [-0.25, -0.2) is 8.42 Å². The van der Waals surface area contributed by atoms with Gasteiger partial charge in [0.05, 0.1) is 24.5 Å². The molecule has 0 radical (unpaired) electrons. The maximum atomic E-state index is 12.9. The maximum Gasteiger partial charge on any atom is 0.243 e. The molecule has 1 N–H and O–H groups in total. The van der Waals surface area contributed by atoms with E-state index < -0.39 is 10.0 Å². The Balaban J connectivity index is 1.64. The summed E-state index contributed by atoms with van der Waals surface area (Å²) in [7, 11) is -3.50. The predicted molar refractivity (Wildman–Crippen MR) is 125 cm³/mol. The fourth-order valence-electron chi connectivity index (χ4n) is 3.74. The third-order valence-corrected chi connectivity index (χ3v) is 7.23. The molecule has 1 amide bonds. The quantitative estimate of drug-likeness (QED) is 0.605. The number of nitrogens with one attached hydrogen (secondary N) is 1. The number of hydrogen-bond donors (Lipinski definition) is 1. The van der Waals surface area contributed by atoms with E-state index in [1.807, 2.05) is 26.0 Å². The Morgan fingerprint density at radius 3 is 2.16 bits per heavy atom. The molecule has 1 aliphatic rings. The molecule has 1 saturated heterocycles. The number of carbonyl (C=O) groups excluding carboxylic acids is 1. The molecular weight excluding hydrogens is 428 g/mol. The molecule has 32 heavy (non-hydrogen) atoms. The number of ether oxygens (including phenoxy) is 2. The average Bonchev–Trinajstić information content (AvgIpc) is 3.06. The number of anilines is 1. The second kappa shape index (κ2) is 11.3. The zero-order chi connectivity index (χ0) is 23.0. The monoisotopic (exact) mass is 460 g/mol. The van der Waals surface area contributed by atoms with Gasteiger partial charge in [-0.3, -0.25) is 4.79 Å². The van der Waals surface area contributed by atoms with Crippen molar-refractivity contribution in [3.05, 3.63) is 48.0 Å². The zero-order valence-electron chi connectivity index (χ0n) is 18.8. The van der Waals surface area contributed by atoms with Crippen LogP contribution in [0, 0.1) is 0 Å². The molecule has 0 spiro atoms. The number of carbonyl (C=O) groups is 1. The van der Waals surface area contributed by atoms with Crippen LogP contribution in [0.25, 0.3) is 0 Å². The number of rotatable bonds is 9. The molecule has 1 heterocycles. The number of sulfonamides is 1. The lowest BCUT2D eigenvalue weighted by atomic mass is 10.1. The van der Waals surface area contributed by atoms with Crippen molar-refractivity contribution in [2.45, 2.75) is 50.8 Å². The molecule has 174 valence electrons. The van der Waals surface area contributed by atoms with Gasteiger partial charge in [0, 0.05) is 18.8 Å². The van der Waals surface area contributed by atoms with E-state index >= 15 is 0 Å². The average molecular weight is 461 g/mol. The number of amides is 1. The summed E-state index contributed by atoms with van der Waals surface area (Å²) in [4.78, 5) is 12.8. The van der Waals surface area contributed by atoms with E-state index in [-0.39, 0.29) is 17.2 Å². The third-order valence-electron chi connectivity index (χ3n) is 5.31. The van der Waals surface area contributed by atoms with Crippen LogP contribution in [0.1, 0.15) is 45.1 Å². The lowest BCUT2D eigenvalue weighted by Crippen LogP contribution is -2.31. The van der Waals surface area contributed by atoms with Crippen molar-refractivity contribution in [1.29, 1.82) is 0 Å². The number of nitrogens with zero attached hydrogens (tertiary/aromatic N) is 1. The molecule has 3 rings (SSSR count). The van der Waals surface area contributed by atoms with Gasteiger partial charge in [-0.05, 0) is 68.7 Å². The van der Waals surface area contributed by atoms with E-state index in [0.29, 0.717) is 43.5 Å². The van der Waals surface area contributed by atoms with Crippen LogP contribution in [-0.2, 0) is 21.2 Å². The second-order valence-electron chi connectivity index (χ2n) is 7.71. The minimum Gasteiger partial charge on any atom is -0.490 e. The lowest BCUT2D eigenvalue weighted by Gasteiger charge is -2.20. The zero-order valence-corrected chi connectivity index (χ0v) is 19.6. The van der Waals surface area contributed by atoms with Crippen LogP contribution >= 0.6 is 0 Å². The van der Waals surface area contributed by atoms with E-state index in [1.54, 1.807) is 34.6 Å². The van der Waals surface area contributed by atoms with Gasteiger partial charge in [0.1, 0.15) is 0 Å². The SMILES string of the molecule is CCOc1ccc(CC(=O)Nc2ccc(S(=O)(=O)N3CCCCCC3)cc2)cc1OCC. The Bertz CT molecular complexity index is 998. The fourth-order valence-corrected chi connectivity index (χ4v) is 5.25. The molecule has 2 aromatic rings. The second-order valence-corrected chi connectivity index (χ2v) is 9.65. The largest absolute Gasteiger partial charge is 0.490 e. The molecule has 0 unspecified atom stereocenters. The smallest absolute Gasteiger partial charge is 0.243 e. The highest BCUT2D eigenvalue weighted by atomic mass is 32.2. The summed E-state index contributed by atoms with van der Waals surface area (Å²) in [5, 5.41) is 2.83. The van der Waals surface area contributed by atoms with Crippen LogP contribution < -0.4 is 14.8 Å². The molecule has 0 aromatic heterocycles. The van der Waals surface area contributed by atoms with Gasteiger partial charge in [-0.15, -0.1) is 0 Å². The minimum absolute atomic E-state index is 0.167. The molecule has 1 fully saturated rings. The van der Waals surface area contributed by atoms with E-state index in [9.17, 15) is 13.2 Å². The Labute approximate surface area is 190 Å². The lowest BCUT2D eigenvalue weighted by molar-refractivity contribution is -0.115. The summed E-state index contributed by atoms with van der Waals surface area (Å²) in [6.45, 7) is 5.96. The van der Waals surface area contributed by atoms with Crippen LogP contribution in [0.4, 0.5) is 5.69 Å². The summed E-state index contributed by atoms with van der Waals surface area (Å²) in [6.07, 6.45) is 4.09. The first-order chi connectivity index (χ1) is 15.4. The van der Waals surface area contributed by atoms with Gasteiger partial charge in [-0.1, -0.05) is 18.9 Å². The molecule has 0 bridgehead atoms. The van der Waals surface area contributed by atoms with Crippen molar-refractivity contribution in [1.82, 2.24) is 4.31 Å². The molecule has 8 heteroatoms. The van der Waals surface area contributed by atoms with E-state index in [4.69, 9.17) is 9.47 Å². The Hall–Kier alpha value is -2.58. The highest BCUT2D eigenvalue weighted by Crippen LogP contribution is 2.29. The van der Waals surface area contributed by atoms with Crippen molar-refractivity contribution in [3.8, 4) is 11.5 Å². The summed E-state index contributed by atoms with van der Waals surface area (Å²) in [5.74, 6) is 1.07. The summed E-state index contributed by atoms with van der Waals surface area (Å²) in [6, 6.07) is 11.8. The van der Waals surface area contributed by atoms with Crippen LogP contribution in [0.15, 0.2) is 47.4 Å². The van der Waals surface area contributed by atoms with E-state index in [1.165, 1.54) is 0 Å². The third kappa shape index (κ3) is 6.23. The van der Waals surface area contributed by atoms with Crippen LogP contribution in [0.3, 0.4) is 0 Å². The van der Waals surface area contributed by atoms with Gasteiger partial charge in [0.2, 0.25) is 15.9 Å². The van der Waals surface area contributed by atoms with E-state index in [2.05, 4.69) is 5.32 Å². The minimum atomic E-state index is -3.50. The predicted octanol–water partition coefficient (Wildman–Crippen LogP) is 4.23. The van der Waals surface area contributed by atoms with Crippen LogP contribution in [0.2, 0.25) is 0 Å². The first-order valence-corrected chi connectivity index (χ1v) is 12.7. The normalized spacial score (nSPS) is 15.1. The van der Waals surface area contributed by atoms with Crippen molar-refractivity contribution in [2.75, 3.05) is 31.6 Å². The summed E-state index contributed by atoms with van der Waals surface area (Å²) in [5.41, 5.74) is 1.36. The molecular formula is C24H32N2O5S. The standard InChI is InChI=1S/C24H32N2O5S/c1-3-30-22-14-9-19(17-23(22)31-4-2)18-24(27)25-20-10-12-21(13-11-20)32(28,29)26-15-7-5-6-8-16-26/h9-14,17H,3-8,15-16,18H2,1-2H3,(H,25,27). The highest BCUT2D eigenvalue weighted by molar-refractivity contribution is 7.89. The Kier molecular flexibility index (Phi) is 8.53. The highest BCUT2D eigenvalue weighted by Gasteiger charge is 2.25. The van der Waals surface area contributed by atoms with E-state index in [0.717, 1.165) is 31.2 Å². The van der Waals surface area contributed by atoms with Gasteiger partial charge in [0.25, 0.3) is 0 Å². The first-order valence-electron chi connectivity index (χ1n) is 11.2. The van der Waals surface area contributed by atoms with Crippen LogP contribution in [0.5, 0.6) is 11.5 Å².